The van der Waals surface area contributed by atoms with Crippen LogP contribution >= 0.6 is 0 Å². The second-order valence-corrected chi connectivity index (χ2v) is 8.15. The van der Waals surface area contributed by atoms with E-state index in [0.717, 1.165) is 4.31 Å². The zero-order valence-corrected chi connectivity index (χ0v) is 16.7. The van der Waals surface area contributed by atoms with Gasteiger partial charge in [-0.1, -0.05) is 0 Å². The van der Waals surface area contributed by atoms with Crippen molar-refractivity contribution in [2.75, 3.05) is 32.6 Å². The van der Waals surface area contributed by atoms with Crippen LogP contribution in [0.25, 0.3) is 0 Å². The number of rotatable bonds is 8. The summed E-state index contributed by atoms with van der Waals surface area (Å²) in [7, 11) is -0.641. The summed E-state index contributed by atoms with van der Waals surface area (Å²) >= 11 is 0. The molecule has 0 aliphatic carbocycles. The Morgan fingerprint density at radius 3 is 2.14 bits per heavy atom. The zero-order valence-electron chi connectivity index (χ0n) is 15.9. The number of carbonyl (C=O) groups excluding carboxylic acids is 2. The molecular formula is C19H23N3O5S. The lowest BCUT2D eigenvalue weighted by Gasteiger charge is -2.12. The monoisotopic (exact) mass is 405 g/mol. The van der Waals surface area contributed by atoms with Gasteiger partial charge in [-0.2, -0.15) is 0 Å². The highest BCUT2D eigenvalue weighted by Gasteiger charge is 2.16. The van der Waals surface area contributed by atoms with Crippen LogP contribution in [0.1, 0.15) is 17.3 Å². The molecule has 2 amide bonds. The molecule has 0 aliphatic rings. The highest BCUT2D eigenvalue weighted by molar-refractivity contribution is 7.89. The van der Waals surface area contributed by atoms with E-state index < -0.39 is 15.9 Å². The van der Waals surface area contributed by atoms with E-state index in [9.17, 15) is 18.0 Å². The third-order valence-corrected chi connectivity index (χ3v) is 5.58. The van der Waals surface area contributed by atoms with Crippen molar-refractivity contribution in [1.29, 1.82) is 0 Å². The van der Waals surface area contributed by atoms with Crippen LogP contribution in [0.4, 0.5) is 5.69 Å². The van der Waals surface area contributed by atoms with Gasteiger partial charge in [-0.3, -0.25) is 9.59 Å². The molecular weight excluding hydrogens is 382 g/mol. The average Bonchev–Trinajstić information content (AvgIpc) is 2.67. The molecule has 0 bridgehead atoms. The van der Waals surface area contributed by atoms with Gasteiger partial charge in [0, 0.05) is 25.3 Å². The molecule has 2 aromatic rings. The van der Waals surface area contributed by atoms with E-state index in [1.165, 1.54) is 38.4 Å². The van der Waals surface area contributed by atoms with Crippen molar-refractivity contribution < 1.29 is 22.7 Å². The molecule has 0 fully saturated rings. The first kappa shape index (κ1) is 21.4. The first-order valence-corrected chi connectivity index (χ1v) is 10.0. The minimum atomic E-state index is -3.53. The van der Waals surface area contributed by atoms with Crippen LogP contribution in [0.15, 0.2) is 53.4 Å². The zero-order chi connectivity index (χ0) is 20.7. The third-order valence-electron chi connectivity index (χ3n) is 3.75. The highest BCUT2D eigenvalue weighted by atomic mass is 32.2. The molecule has 0 atom stereocenters. The van der Waals surface area contributed by atoms with Crippen molar-refractivity contribution in [1.82, 2.24) is 9.62 Å². The second-order valence-electron chi connectivity index (χ2n) is 6.00. The molecule has 9 heteroatoms. The molecule has 0 radical (unpaired) electrons. The molecule has 0 unspecified atom stereocenters. The minimum Gasteiger partial charge on any atom is -0.494 e. The van der Waals surface area contributed by atoms with Gasteiger partial charge in [0.15, 0.2) is 0 Å². The Bertz CT molecular complexity index is 923. The van der Waals surface area contributed by atoms with E-state index in [1.807, 2.05) is 6.92 Å². The number of anilines is 1. The van der Waals surface area contributed by atoms with Gasteiger partial charge in [0.05, 0.1) is 18.0 Å². The van der Waals surface area contributed by atoms with E-state index in [2.05, 4.69) is 10.6 Å². The molecule has 2 N–H and O–H groups in total. The van der Waals surface area contributed by atoms with Gasteiger partial charge in [-0.05, 0) is 55.5 Å². The van der Waals surface area contributed by atoms with E-state index in [4.69, 9.17) is 4.74 Å². The summed E-state index contributed by atoms with van der Waals surface area (Å²) in [6, 6.07) is 12.4. The second kappa shape index (κ2) is 9.34. The molecule has 0 aliphatic heterocycles. The average molecular weight is 405 g/mol. The number of carbonyl (C=O) groups is 2. The molecule has 0 heterocycles. The van der Waals surface area contributed by atoms with Crippen molar-refractivity contribution in [3.8, 4) is 5.75 Å². The standard InChI is InChI=1S/C19H23N3O5S/c1-4-27-16-9-5-14(6-10-16)19(24)20-13-18(23)21-15-7-11-17(12-8-15)28(25,26)22(2)3/h5-12H,4,13H2,1-3H3,(H,20,24)(H,21,23). The SMILES string of the molecule is CCOc1ccc(C(=O)NCC(=O)Nc2ccc(S(=O)(=O)N(C)C)cc2)cc1. The van der Waals surface area contributed by atoms with Gasteiger partial charge in [0.2, 0.25) is 15.9 Å². The van der Waals surface area contributed by atoms with E-state index >= 15 is 0 Å². The Labute approximate surface area is 164 Å². The molecule has 8 nitrogen and oxygen atoms in total. The predicted molar refractivity (Wildman–Crippen MR) is 106 cm³/mol. The molecule has 0 aromatic heterocycles. The van der Waals surface area contributed by atoms with Crippen LogP contribution in [0.2, 0.25) is 0 Å². The normalized spacial score (nSPS) is 11.1. The summed E-state index contributed by atoms with van der Waals surface area (Å²) in [6.07, 6.45) is 0. The number of hydrogen-bond acceptors (Lipinski definition) is 5. The first-order chi connectivity index (χ1) is 13.2. The van der Waals surface area contributed by atoms with Gasteiger partial charge >= 0.3 is 0 Å². The number of sulfonamides is 1. The number of amides is 2. The predicted octanol–water partition coefficient (Wildman–Crippen LogP) is 1.70. The summed E-state index contributed by atoms with van der Waals surface area (Å²) in [5.41, 5.74) is 0.840. The fourth-order valence-corrected chi connectivity index (χ4v) is 3.16. The Morgan fingerprint density at radius 1 is 1.00 bits per heavy atom. The Hall–Kier alpha value is -2.91. The lowest BCUT2D eigenvalue weighted by molar-refractivity contribution is -0.115. The van der Waals surface area contributed by atoms with Crippen molar-refractivity contribution >= 4 is 27.5 Å². The van der Waals surface area contributed by atoms with Crippen LogP contribution in [0.5, 0.6) is 5.75 Å². The van der Waals surface area contributed by atoms with Crippen molar-refractivity contribution in [2.24, 2.45) is 0 Å². The molecule has 2 aromatic carbocycles. The summed E-state index contributed by atoms with van der Waals surface area (Å²) in [6.45, 7) is 2.19. The molecule has 0 saturated carbocycles. The number of nitrogens with one attached hydrogen (secondary N) is 2. The van der Waals surface area contributed by atoms with Crippen LogP contribution in [0.3, 0.4) is 0 Å². The molecule has 28 heavy (non-hydrogen) atoms. The van der Waals surface area contributed by atoms with Crippen molar-refractivity contribution in [3.63, 3.8) is 0 Å². The smallest absolute Gasteiger partial charge is 0.251 e. The fraction of sp³-hybridized carbons (Fsp3) is 0.263. The number of ether oxygens (including phenoxy) is 1. The van der Waals surface area contributed by atoms with Crippen LogP contribution in [-0.4, -0.2) is 51.8 Å². The van der Waals surface area contributed by atoms with E-state index in [1.54, 1.807) is 24.3 Å². The maximum Gasteiger partial charge on any atom is 0.251 e. The maximum atomic E-state index is 12.1. The van der Waals surface area contributed by atoms with E-state index in [0.29, 0.717) is 23.6 Å². The number of nitrogens with zero attached hydrogens (tertiary/aromatic N) is 1. The summed E-state index contributed by atoms with van der Waals surface area (Å²) in [5.74, 6) is -0.148. The number of benzene rings is 2. The van der Waals surface area contributed by atoms with Crippen molar-refractivity contribution in [3.05, 3.63) is 54.1 Å². The maximum absolute atomic E-state index is 12.1. The topological polar surface area (TPSA) is 105 Å². The van der Waals surface area contributed by atoms with Gasteiger partial charge in [-0.25, -0.2) is 12.7 Å². The van der Waals surface area contributed by atoms with Crippen LogP contribution in [-0.2, 0) is 14.8 Å². The van der Waals surface area contributed by atoms with Gasteiger partial charge in [0.1, 0.15) is 5.75 Å². The first-order valence-electron chi connectivity index (χ1n) is 8.57. The van der Waals surface area contributed by atoms with Gasteiger partial charge < -0.3 is 15.4 Å². The minimum absolute atomic E-state index is 0.124. The van der Waals surface area contributed by atoms with Crippen LogP contribution in [0, 0.1) is 0 Å². The van der Waals surface area contributed by atoms with E-state index in [-0.39, 0.29) is 17.3 Å². The molecule has 0 saturated heterocycles. The largest absolute Gasteiger partial charge is 0.494 e. The Kier molecular flexibility index (Phi) is 7.13. The number of hydrogen-bond donors (Lipinski definition) is 2. The fourth-order valence-electron chi connectivity index (χ4n) is 2.26. The van der Waals surface area contributed by atoms with Crippen molar-refractivity contribution in [2.45, 2.75) is 11.8 Å². The summed E-state index contributed by atoms with van der Waals surface area (Å²) in [5, 5.41) is 5.13. The van der Waals surface area contributed by atoms with Gasteiger partial charge in [0.25, 0.3) is 5.91 Å². The Morgan fingerprint density at radius 2 is 1.61 bits per heavy atom. The van der Waals surface area contributed by atoms with Crippen LogP contribution < -0.4 is 15.4 Å². The summed E-state index contributed by atoms with van der Waals surface area (Å²) < 4.78 is 30.5. The lowest BCUT2D eigenvalue weighted by Crippen LogP contribution is -2.32. The summed E-state index contributed by atoms with van der Waals surface area (Å²) in [4.78, 5) is 24.2. The molecule has 0 spiro atoms. The molecule has 2 rings (SSSR count). The quantitative estimate of drug-likeness (QED) is 0.696. The lowest BCUT2D eigenvalue weighted by atomic mass is 10.2. The highest BCUT2D eigenvalue weighted by Crippen LogP contribution is 2.16. The Balaban J connectivity index is 1.89. The van der Waals surface area contributed by atoms with Gasteiger partial charge in [-0.15, -0.1) is 0 Å². The molecule has 150 valence electrons. The third kappa shape index (κ3) is 5.54.